The molecule has 0 unspecified atom stereocenters. The van der Waals surface area contributed by atoms with Gasteiger partial charge in [-0.1, -0.05) is 0 Å². The van der Waals surface area contributed by atoms with Crippen LogP contribution in [0.3, 0.4) is 0 Å². The Morgan fingerprint density at radius 1 is 1.11 bits per heavy atom. The molecule has 0 aliphatic carbocycles. The number of carbonyl (C=O) groups is 1. The van der Waals surface area contributed by atoms with Crippen LogP contribution in [0.4, 0.5) is 0 Å². The molecule has 1 aliphatic rings. The van der Waals surface area contributed by atoms with E-state index in [1.54, 1.807) is 37.4 Å². The van der Waals surface area contributed by atoms with E-state index >= 15 is 0 Å². The molecule has 2 aromatic carbocycles. The quantitative estimate of drug-likeness (QED) is 0.640. The molecule has 6 nitrogen and oxygen atoms in total. The fourth-order valence-corrected chi connectivity index (χ4v) is 3.02. The summed E-state index contributed by atoms with van der Waals surface area (Å²) >= 11 is 0. The second-order valence-corrected chi connectivity index (χ2v) is 6.35. The van der Waals surface area contributed by atoms with Crippen molar-refractivity contribution >= 4 is 5.78 Å². The van der Waals surface area contributed by atoms with Gasteiger partial charge in [0.2, 0.25) is 6.79 Å². The predicted octanol–water partition coefficient (Wildman–Crippen LogP) is 3.85. The highest BCUT2D eigenvalue weighted by molar-refractivity contribution is 6.10. The average Bonchev–Trinajstić information content (AvgIpc) is 3.26. The summed E-state index contributed by atoms with van der Waals surface area (Å²) in [6, 6.07) is 10.6. The summed E-state index contributed by atoms with van der Waals surface area (Å²) in [4.78, 5) is 17.6. The van der Waals surface area contributed by atoms with Gasteiger partial charge in [-0.2, -0.15) is 0 Å². The number of fused-ring (bicyclic) bond motifs is 1. The zero-order valence-electron chi connectivity index (χ0n) is 15.4. The summed E-state index contributed by atoms with van der Waals surface area (Å²) in [6.07, 6.45) is 0.391. The predicted molar refractivity (Wildman–Crippen MR) is 97.8 cm³/mol. The number of aryl methyl sites for hydroxylation is 2. The Morgan fingerprint density at radius 2 is 1.81 bits per heavy atom. The van der Waals surface area contributed by atoms with Crippen molar-refractivity contribution in [2.45, 2.75) is 20.3 Å². The SMILES string of the molecule is COc1ccc(C(=O)c2cc3c(cc2Cc2nc(C)c(C)o2)OCO3)cc1. The third-order valence-corrected chi connectivity index (χ3v) is 4.61. The molecular weight excluding hydrogens is 346 g/mol. The number of hydrogen-bond acceptors (Lipinski definition) is 6. The van der Waals surface area contributed by atoms with Gasteiger partial charge >= 0.3 is 0 Å². The number of nitrogens with zero attached hydrogens (tertiary/aromatic N) is 1. The van der Waals surface area contributed by atoms with Gasteiger partial charge in [0, 0.05) is 11.1 Å². The first-order valence-electron chi connectivity index (χ1n) is 8.59. The number of rotatable bonds is 5. The third-order valence-electron chi connectivity index (χ3n) is 4.61. The van der Waals surface area contributed by atoms with Gasteiger partial charge in [0.1, 0.15) is 11.5 Å². The van der Waals surface area contributed by atoms with E-state index < -0.39 is 0 Å². The Bertz CT molecular complexity index is 985. The van der Waals surface area contributed by atoms with Crippen LogP contribution in [0.1, 0.15) is 38.8 Å². The van der Waals surface area contributed by atoms with Crippen molar-refractivity contribution in [2.75, 3.05) is 13.9 Å². The van der Waals surface area contributed by atoms with Crippen LogP contribution in [0, 0.1) is 13.8 Å². The molecule has 1 aromatic heterocycles. The maximum atomic E-state index is 13.1. The van der Waals surface area contributed by atoms with E-state index in [-0.39, 0.29) is 12.6 Å². The number of oxazole rings is 1. The molecule has 0 saturated heterocycles. The monoisotopic (exact) mass is 365 g/mol. The Labute approximate surface area is 156 Å². The molecule has 0 saturated carbocycles. The van der Waals surface area contributed by atoms with Crippen LogP contribution >= 0.6 is 0 Å². The van der Waals surface area contributed by atoms with Gasteiger partial charge in [-0.3, -0.25) is 4.79 Å². The molecular formula is C21H19NO5. The summed E-state index contributed by atoms with van der Waals surface area (Å²) in [6.45, 7) is 3.91. The summed E-state index contributed by atoms with van der Waals surface area (Å²) in [5.74, 6) is 3.11. The highest BCUT2D eigenvalue weighted by atomic mass is 16.7. The number of methoxy groups -OCH3 is 1. The Balaban J connectivity index is 1.74. The minimum Gasteiger partial charge on any atom is -0.497 e. The minimum atomic E-state index is -0.106. The zero-order chi connectivity index (χ0) is 19.0. The number of benzene rings is 2. The lowest BCUT2D eigenvalue weighted by Crippen LogP contribution is -2.06. The van der Waals surface area contributed by atoms with Crippen molar-refractivity contribution in [1.29, 1.82) is 0 Å². The van der Waals surface area contributed by atoms with E-state index in [0.717, 1.165) is 17.0 Å². The highest BCUT2D eigenvalue weighted by Crippen LogP contribution is 2.36. The lowest BCUT2D eigenvalue weighted by Gasteiger charge is -2.10. The van der Waals surface area contributed by atoms with E-state index in [1.807, 2.05) is 19.9 Å². The van der Waals surface area contributed by atoms with Gasteiger partial charge in [-0.05, 0) is 55.8 Å². The molecule has 1 aliphatic heterocycles. The molecule has 3 aromatic rings. The lowest BCUT2D eigenvalue weighted by atomic mass is 9.95. The van der Waals surface area contributed by atoms with Crippen LogP contribution in [-0.4, -0.2) is 24.7 Å². The third kappa shape index (κ3) is 3.26. The molecule has 0 amide bonds. The maximum absolute atomic E-state index is 13.1. The van der Waals surface area contributed by atoms with E-state index in [1.165, 1.54) is 0 Å². The second kappa shape index (κ2) is 6.79. The van der Waals surface area contributed by atoms with Crippen LogP contribution in [0.5, 0.6) is 17.2 Å². The summed E-state index contributed by atoms with van der Waals surface area (Å²) in [5, 5.41) is 0. The summed E-state index contributed by atoms with van der Waals surface area (Å²) in [7, 11) is 1.59. The van der Waals surface area contributed by atoms with Crippen LogP contribution < -0.4 is 14.2 Å². The first-order valence-corrected chi connectivity index (χ1v) is 8.59. The summed E-state index contributed by atoms with van der Waals surface area (Å²) in [5.41, 5.74) is 2.73. The van der Waals surface area contributed by atoms with Gasteiger partial charge in [-0.25, -0.2) is 4.98 Å². The molecule has 6 heteroatoms. The normalized spacial score (nSPS) is 12.3. The van der Waals surface area contributed by atoms with Crippen LogP contribution in [0.2, 0.25) is 0 Å². The van der Waals surface area contributed by atoms with Gasteiger partial charge in [0.05, 0.1) is 19.2 Å². The van der Waals surface area contributed by atoms with Gasteiger partial charge in [0.15, 0.2) is 23.2 Å². The lowest BCUT2D eigenvalue weighted by molar-refractivity contribution is 0.103. The average molecular weight is 365 g/mol. The van der Waals surface area contributed by atoms with E-state index in [9.17, 15) is 4.79 Å². The van der Waals surface area contributed by atoms with Gasteiger partial charge in [0.25, 0.3) is 0 Å². The van der Waals surface area contributed by atoms with Gasteiger partial charge in [-0.15, -0.1) is 0 Å². The molecule has 27 heavy (non-hydrogen) atoms. The van der Waals surface area contributed by atoms with Crippen molar-refractivity contribution in [2.24, 2.45) is 0 Å². The number of ketones is 1. The van der Waals surface area contributed by atoms with Crippen molar-refractivity contribution < 1.29 is 23.4 Å². The largest absolute Gasteiger partial charge is 0.497 e. The first kappa shape index (κ1) is 17.1. The molecule has 0 N–H and O–H groups in total. The maximum Gasteiger partial charge on any atom is 0.231 e. The zero-order valence-corrected chi connectivity index (χ0v) is 15.4. The van der Waals surface area contributed by atoms with E-state index in [0.29, 0.717) is 40.7 Å². The fourth-order valence-electron chi connectivity index (χ4n) is 3.02. The first-order chi connectivity index (χ1) is 13.0. The summed E-state index contributed by atoms with van der Waals surface area (Å²) < 4.78 is 21.8. The Morgan fingerprint density at radius 3 is 2.44 bits per heavy atom. The smallest absolute Gasteiger partial charge is 0.231 e. The van der Waals surface area contributed by atoms with Crippen molar-refractivity contribution in [3.8, 4) is 17.2 Å². The molecule has 4 rings (SSSR count). The number of hydrogen-bond donors (Lipinski definition) is 0. The molecule has 0 radical (unpaired) electrons. The number of ether oxygens (including phenoxy) is 3. The standard InChI is InChI=1S/C21H19NO5/c1-12-13(2)27-20(22-12)9-15-8-18-19(26-11-25-18)10-17(15)21(23)14-4-6-16(24-3)7-5-14/h4-8,10H,9,11H2,1-3H3. The fraction of sp³-hybridized carbons (Fsp3) is 0.238. The van der Waals surface area contributed by atoms with Crippen molar-refractivity contribution in [3.63, 3.8) is 0 Å². The molecule has 0 fully saturated rings. The highest BCUT2D eigenvalue weighted by Gasteiger charge is 2.23. The van der Waals surface area contributed by atoms with Crippen LogP contribution in [0.25, 0.3) is 0 Å². The van der Waals surface area contributed by atoms with Crippen LogP contribution in [-0.2, 0) is 6.42 Å². The molecule has 0 atom stereocenters. The van der Waals surface area contributed by atoms with Crippen molar-refractivity contribution in [3.05, 3.63) is 70.4 Å². The minimum absolute atomic E-state index is 0.106. The Kier molecular flexibility index (Phi) is 4.32. The van der Waals surface area contributed by atoms with Crippen LogP contribution in [0.15, 0.2) is 40.8 Å². The van der Waals surface area contributed by atoms with E-state index in [4.69, 9.17) is 18.6 Å². The molecule has 0 spiro atoms. The number of carbonyl (C=O) groups excluding carboxylic acids is 1. The number of aromatic nitrogens is 1. The molecule has 2 heterocycles. The second-order valence-electron chi connectivity index (χ2n) is 6.35. The van der Waals surface area contributed by atoms with Crippen molar-refractivity contribution in [1.82, 2.24) is 4.98 Å². The Hall–Kier alpha value is -3.28. The molecule has 0 bridgehead atoms. The van der Waals surface area contributed by atoms with E-state index in [2.05, 4.69) is 4.98 Å². The van der Waals surface area contributed by atoms with Gasteiger partial charge < -0.3 is 18.6 Å². The molecule has 138 valence electrons. The topological polar surface area (TPSA) is 70.8 Å².